The Labute approximate surface area is 108 Å². The van der Waals surface area contributed by atoms with Gasteiger partial charge in [0.1, 0.15) is 17.2 Å². The molecule has 0 aliphatic rings. The summed E-state index contributed by atoms with van der Waals surface area (Å²) in [4.78, 5) is 22.5. The van der Waals surface area contributed by atoms with Crippen molar-refractivity contribution in [2.45, 2.75) is 19.8 Å². The number of nitrogens with zero attached hydrogens (tertiary/aromatic N) is 1. The number of hydrogen-bond donors (Lipinski definition) is 2. The van der Waals surface area contributed by atoms with Gasteiger partial charge in [-0.25, -0.2) is 9.59 Å². The van der Waals surface area contributed by atoms with Crippen LogP contribution < -0.4 is 5.32 Å². The van der Waals surface area contributed by atoms with Crippen LogP contribution in [-0.2, 0) is 11.2 Å². The monoisotopic (exact) mass is 270 g/mol. The molecule has 1 heterocycles. The number of nitrogens with one attached hydrogen (secondary N) is 1. The number of carbonyl (C=O) groups excluding carboxylic acids is 1. The highest BCUT2D eigenvalue weighted by atomic mass is 32.1. The second-order valence-electron chi connectivity index (χ2n) is 3.40. The van der Waals surface area contributed by atoms with Crippen molar-refractivity contribution >= 4 is 28.6 Å². The van der Waals surface area contributed by atoms with Crippen LogP contribution in [0.25, 0.3) is 0 Å². The maximum absolute atomic E-state index is 11.3. The first kappa shape index (κ1) is 14.2. The van der Waals surface area contributed by atoms with Crippen LogP contribution in [0.2, 0.25) is 0 Å². The number of aromatic nitrogens is 1. The van der Waals surface area contributed by atoms with Gasteiger partial charge in [-0.3, -0.25) is 5.32 Å². The van der Waals surface area contributed by atoms with Crippen LogP contribution >= 0.6 is 11.5 Å². The largest absolute Gasteiger partial charge is 0.478 e. The third-order valence-electron chi connectivity index (χ3n) is 2.01. The van der Waals surface area contributed by atoms with Crippen molar-refractivity contribution in [3.05, 3.63) is 23.9 Å². The molecular formula is C11H14N2O4S. The van der Waals surface area contributed by atoms with E-state index < -0.39 is 12.1 Å². The standard InChI is InChI=1S/C11H14N2O4S/c1-3-5-7-8(10(14)15)9(18-13-7)12-11(16)17-6-4-2/h4H,2-3,5-6H2,1H3,(H,12,16)(H,14,15). The third kappa shape index (κ3) is 3.56. The van der Waals surface area contributed by atoms with E-state index in [-0.39, 0.29) is 17.2 Å². The Kier molecular flexibility index (Phi) is 5.31. The molecule has 0 radical (unpaired) electrons. The summed E-state index contributed by atoms with van der Waals surface area (Å²) in [6.45, 7) is 5.40. The minimum atomic E-state index is -1.11. The fourth-order valence-corrected chi connectivity index (χ4v) is 2.11. The van der Waals surface area contributed by atoms with Crippen LogP contribution in [0.5, 0.6) is 0 Å². The Morgan fingerprint density at radius 1 is 1.61 bits per heavy atom. The lowest BCUT2D eigenvalue weighted by Crippen LogP contribution is -2.15. The minimum absolute atomic E-state index is 0.0393. The highest BCUT2D eigenvalue weighted by Crippen LogP contribution is 2.26. The molecular weight excluding hydrogens is 256 g/mol. The van der Waals surface area contributed by atoms with Gasteiger partial charge in [-0.2, -0.15) is 4.37 Å². The van der Waals surface area contributed by atoms with E-state index in [9.17, 15) is 9.59 Å². The first-order valence-electron chi connectivity index (χ1n) is 5.36. The lowest BCUT2D eigenvalue weighted by Gasteiger charge is -2.04. The normalized spacial score (nSPS) is 9.83. The number of amides is 1. The summed E-state index contributed by atoms with van der Waals surface area (Å²) >= 11 is 0.938. The predicted molar refractivity (Wildman–Crippen MR) is 68.2 cm³/mol. The van der Waals surface area contributed by atoms with Gasteiger partial charge in [0.05, 0.1) is 5.69 Å². The van der Waals surface area contributed by atoms with Gasteiger partial charge in [0.15, 0.2) is 0 Å². The molecule has 1 aromatic heterocycles. The maximum Gasteiger partial charge on any atom is 0.412 e. The van der Waals surface area contributed by atoms with Crippen molar-refractivity contribution in [2.24, 2.45) is 0 Å². The second kappa shape index (κ2) is 6.75. The topological polar surface area (TPSA) is 88.5 Å². The fourth-order valence-electron chi connectivity index (χ4n) is 1.30. The lowest BCUT2D eigenvalue weighted by molar-refractivity contribution is 0.0697. The summed E-state index contributed by atoms with van der Waals surface area (Å²) < 4.78 is 8.75. The van der Waals surface area contributed by atoms with E-state index in [4.69, 9.17) is 9.84 Å². The SMILES string of the molecule is C=CCOC(=O)Nc1snc(CCC)c1C(=O)O. The molecule has 0 fully saturated rings. The zero-order valence-corrected chi connectivity index (χ0v) is 10.7. The number of ether oxygens (including phenoxy) is 1. The molecule has 0 saturated heterocycles. The first-order chi connectivity index (χ1) is 8.60. The van der Waals surface area contributed by atoms with Crippen molar-refractivity contribution in [2.75, 3.05) is 11.9 Å². The number of carboxylic acids is 1. The number of hydrogen-bond acceptors (Lipinski definition) is 5. The summed E-state index contributed by atoms with van der Waals surface area (Å²) in [5.74, 6) is -1.11. The van der Waals surface area contributed by atoms with E-state index in [1.54, 1.807) is 0 Å². The van der Waals surface area contributed by atoms with Crippen LogP contribution in [0.1, 0.15) is 29.4 Å². The molecule has 7 heteroatoms. The van der Waals surface area contributed by atoms with Crippen LogP contribution in [0.3, 0.4) is 0 Å². The van der Waals surface area contributed by atoms with Crippen molar-refractivity contribution in [1.82, 2.24) is 4.37 Å². The molecule has 18 heavy (non-hydrogen) atoms. The minimum Gasteiger partial charge on any atom is -0.478 e. The Bertz CT molecular complexity index is 456. The van der Waals surface area contributed by atoms with E-state index in [1.165, 1.54) is 6.08 Å². The molecule has 0 spiro atoms. The average molecular weight is 270 g/mol. The Morgan fingerprint density at radius 2 is 2.33 bits per heavy atom. The van der Waals surface area contributed by atoms with Crippen LogP contribution in [0.15, 0.2) is 12.7 Å². The second-order valence-corrected chi connectivity index (χ2v) is 4.17. The summed E-state index contributed by atoms with van der Waals surface area (Å²) in [5, 5.41) is 11.7. The van der Waals surface area contributed by atoms with Crippen LogP contribution in [0, 0.1) is 0 Å². The van der Waals surface area contributed by atoms with Crippen LogP contribution in [-0.4, -0.2) is 28.1 Å². The van der Waals surface area contributed by atoms with E-state index in [0.717, 1.165) is 18.0 Å². The number of aryl methyl sites for hydroxylation is 1. The smallest absolute Gasteiger partial charge is 0.412 e. The van der Waals surface area contributed by atoms with Crippen molar-refractivity contribution < 1.29 is 19.4 Å². The Hall–Kier alpha value is -1.89. The molecule has 0 atom stereocenters. The van der Waals surface area contributed by atoms with Crippen LogP contribution in [0.4, 0.5) is 9.80 Å². The van der Waals surface area contributed by atoms with Gasteiger partial charge in [0.2, 0.25) is 0 Å². The summed E-state index contributed by atoms with van der Waals surface area (Å²) in [7, 11) is 0. The molecule has 0 saturated carbocycles. The zero-order valence-electron chi connectivity index (χ0n) is 9.93. The number of anilines is 1. The number of rotatable bonds is 6. The molecule has 2 N–H and O–H groups in total. The molecule has 0 aromatic carbocycles. The van der Waals surface area contributed by atoms with Crippen molar-refractivity contribution in [3.63, 3.8) is 0 Å². The molecule has 1 rings (SSSR count). The molecule has 0 aliphatic carbocycles. The fraction of sp³-hybridized carbons (Fsp3) is 0.364. The number of aromatic carboxylic acids is 1. The molecule has 0 aliphatic heterocycles. The highest BCUT2D eigenvalue weighted by molar-refractivity contribution is 7.11. The Balaban J connectivity index is 2.85. The molecule has 98 valence electrons. The maximum atomic E-state index is 11.3. The zero-order chi connectivity index (χ0) is 13.5. The van der Waals surface area contributed by atoms with Gasteiger partial charge >= 0.3 is 12.1 Å². The summed E-state index contributed by atoms with van der Waals surface area (Å²) in [5.41, 5.74) is 0.520. The molecule has 0 unspecified atom stereocenters. The lowest BCUT2D eigenvalue weighted by atomic mass is 10.1. The first-order valence-corrected chi connectivity index (χ1v) is 6.14. The van der Waals surface area contributed by atoms with Gasteiger partial charge in [-0.05, 0) is 18.0 Å². The van der Waals surface area contributed by atoms with E-state index in [1.807, 2.05) is 6.92 Å². The van der Waals surface area contributed by atoms with E-state index in [0.29, 0.717) is 12.1 Å². The quantitative estimate of drug-likeness (QED) is 0.775. The van der Waals surface area contributed by atoms with Gasteiger partial charge in [-0.1, -0.05) is 26.0 Å². The van der Waals surface area contributed by atoms with Gasteiger partial charge in [0.25, 0.3) is 0 Å². The highest BCUT2D eigenvalue weighted by Gasteiger charge is 2.21. The summed E-state index contributed by atoms with van der Waals surface area (Å²) in [6, 6.07) is 0. The van der Waals surface area contributed by atoms with E-state index in [2.05, 4.69) is 16.3 Å². The molecule has 0 bridgehead atoms. The summed E-state index contributed by atoms with van der Waals surface area (Å²) in [6.07, 6.45) is 2.04. The number of carbonyl (C=O) groups is 2. The van der Waals surface area contributed by atoms with Gasteiger partial charge < -0.3 is 9.84 Å². The Morgan fingerprint density at radius 3 is 2.89 bits per heavy atom. The van der Waals surface area contributed by atoms with Crippen molar-refractivity contribution in [3.8, 4) is 0 Å². The predicted octanol–water partition coefficient (Wildman–Crippen LogP) is 2.53. The third-order valence-corrected chi connectivity index (χ3v) is 2.81. The molecule has 1 amide bonds. The van der Waals surface area contributed by atoms with E-state index >= 15 is 0 Å². The van der Waals surface area contributed by atoms with Gasteiger partial charge in [0, 0.05) is 0 Å². The molecule has 6 nitrogen and oxygen atoms in total. The number of carboxylic acid groups (broad SMARTS) is 1. The molecule has 1 aromatic rings. The van der Waals surface area contributed by atoms with Gasteiger partial charge in [-0.15, -0.1) is 0 Å². The average Bonchev–Trinajstić information content (AvgIpc) is 2.70. The van der Waals surface area contributed by atoms with Crippen molar-refractivity contribution in [1.29, 1.82) is 0 Å².